The number of halogens is 1. The second-order valence-electron chi connectivity index (χ2n) is 4.08. The summed E-state index contributed by atoms with van der Waals surface area (Å²) in [7, 11) is 1.61. The molecule has 1 heterocycles. The van der Waals surface area contributed by atoms with Crippen molar-refractivity contribution in [3.05, 3.63) is 34.6 Å². The molecule has 0 aliphatic rings. The lowest BCUT2D eigenvalue weighted by Gasteiger charge is -2.09. The van der Waals surface area contributed by atoms with Crippen molar-refractivity contribution in [1.82, 2.24) is 15.0 Å². The van der Waals surface area contributed by atoms with Crippen molar-refractivity contribution in [2.24, 2.45) is 5.73 Å². The van der Waals surface area contributed by atoms with Gasteiger partial charge in [-0.25, -0.2) is 4.68 Å². The third kappa shape index (κ3) is 2.19. The van der Waals surface area contributed by atoms with Crippen LogP contribution in [-0.2, 0) is 0 Å². The van der Waals surface area contributed by atoms with Gasteiger partial charge >= 0.3 is 0 Å². The van der Waals surface area contributed by atoms with Gasteiger partial charge in [-0.2, -0.15) is 0 Å². The fourth-order valence-corrected chi connectivity index (χ4v) is 1.97. The normalized spacial score (nSPS) is 12.5. The molecule has 2 rings (SSSR count). The van der Waals surface area contributed by atoms with Gasteiger partial charge in [0.1, 0.15) is 11.4 Å². The van der Waals surface area contributed by atoms with E-state index >= 15 is 0 Å². The highest BCUT2D eigenvalue weighted by Crippen LogP contribution is 2.27. The van der Waals surface area contributed by atoms with E-state index in [2.05, 4.69) is 10.3 Å². The fourth-order valence-electron chi connectivity index (χ4n) is 1.77. The highest BCUT2D eigenvalue weighted by Gasteiger charge is 2.15. The van der Waals surface area contributed by atoms with Crippen molar-refractivity contribution < 1.29 is 4.74 Å². The molecule has 0 aliphatic heterocycles. The third-order valence-electron chi connectivity index (χ3n) is 2.74. The highest BCUT2D eigenvalue weighted by atomic mass is 35.5. The zero-order chi connectivity index (χ0) is 13.3. The van der Waals surface area contributed by atoms with E-state index in [-0.39, 0.29) is 6.04 Å². The molecule has 2 N–H and O–H groups in total. The van der Waals surface area contributed by atoms with Crippen LogP contribution in [0.5, 0.6) is 5.75 Å². The second kappa shape index (κ2) is 4.96. The largest absolute Gasteiger partial charge is 0.497 e. The fraction of sp³-hybridized carbons (Fsp3) is 0.333. The van der Waals surface area contributed by atoms with Crippen molar-refractivity contribution in [2.75, 3.05) is 7.11 Å². The summed E-state index contributed by atoms with van der Waals surface area (Å²) in [5, 5.41) is 8.75. The first-order valence-electron chi connectivity index (χ1n) is 5.56. The second-order valence-corrected chi connectivity index (χ2v) is 4.49. The van der Waals surface area contributed by atoms with Crippen molar-refractivity contribution in [3.8, 4) is 11.4 Å². The van der Waals surface area contributed by atoms with Crippen LogP contribution in [0.25, 0.3) is 5.69 Å². The summed E-state index contributed by atoms with van der Waals surface area (Å²) in [5.41, 5.74) is 8.19. The van der Waals surface area contributed by atoms with Gasteiger partial charge in [0.05, 0.1) is 23.5 Å². The molecule has 0 fully saturated rings. The molecule has 1 atom stereocenters. The zero-order valence-corrected chi connectivity index (χ0v) is 11.3. The van der Waals surface area contributed by atoms with Crippen LogP contribution in [0, 0.1) is 6.92 Å². The number of nitrogens with zero attached hydrogens (tertiary/aromatic N) is 3. The van der Waals surface area contributed by atoms with E-state index in [1.54, 1.807) is 23.9 Å². The summed E-state index contributed by atoms with van der Waals surface area (Å²) >= 11 is 6.17. The molecule has 0 radical (unpaired) electrons. The predicted octanol–water partition coefficient (Wildman–Crippen LogP) is 2.26. The van der Waals surface area contributed by atoms with Gasteiger partial charge in [-0.05, 0) is 26.0 Å². The monoisotopic (exact) mass is 266 g/mol. The topological polar surface area (TPSA) is 66.0 Å². The standard InChI is InChI=1S/C12H15ClN4O/c1-7(14)12-8(2)17(16-15-12)11-6-9(18-3)4-5-10(11)13/h4-7H,14H2,1-3H3. The van der Waals surface area contributed by atoms with Gasteiger partial charge in [-0.15, -0.1) is 5.10 Å². The highest BCUT2D eigenvalue weighted by molar-refractivity contribution is 6.32. The predicted molar refractivity (Wildman–Crippen MR) is 70.3 cm³/mol. The summed E-state index contributed by atoms with van der Waals surface area (Å²) in [6.45, 7) is 3.78. The number of aromatic nitrogens is 3. The maximum absolute atomic E-state index is 6.17. The molecule has 0 saturated carbocycles. The smallest absolute Gasteiger partial charge is 0.121 e. The van der Waals surface area contributed by atoms with Crippen LogP contribution in [0.4, 0.5) is 0 Å². The van der Waals surface area contributed by atoms with Crippen LogP contribution >= 0.6 is 11.6 Å². The van der Waals surface area contributed by atoms with Crippen LogP contribution in [-0.4, -0.2) is 22.1 Å². The Morgan fingerprint density at radius 3 is 2.72 bits per heavy atom. The van der Waals surface area contributed by atoms with Crippen LogP contribution < -0.4 is 10.5 Å². The molecule has 0 amide bonds. The number of rotatable bonds is 3. The Kier molecular flexibility index (Phi) is 3.54. The first-order chi connectivity index (χ1) is 8.54. The molecule has 0 aliphatic carbocycles. The summed E-state index contributed by atoms with van der Waals surface area (Å²) in [6, 6.07) is 5.21. The summed E-state index contributed by atoms with van der Waals surface area (Å²) < 4.78 is 6.85. The molecule has 96 valence electrons. The summed E-state index contributed by atoms with van der Waals surface area (Å²) in [4.78, 5) is 0. The van der Waals surface area contributed by atoms with E-state index in [9.17, 15) is 0 Å². The lowest BCUT2D eigenvalue weighted by Crippen LogP contribution is -2.08. The molecule has 1 aromatic carbocycles. The van der Waals surface area contributed by atoms with E-state index in [1.807, 2.05) is 19.9 Å². The number of nitrogens with two attached hydrogens (primary N) is 1. The Hall–Kier alpha value is -1.59. The van der Waals surface area contributed by atoms with Crippen molar-refractivity contribution >= 4 is 11.6 Å². The third-order valence-corrected chi connectivity index (χ3v) is 3.06. The van der Waals surface area contributed by atoms with Gasteiger partial charge in [-0.1, -0.05) is 16.8 Å². The quantitative estimate of drug-likeness (QED) is 0.925. The van der Waals surface area contributed by atoms with E-state index in [0.717, 1.165) is 17.1 Å². The maximum atomic E-state index is 6.17. The number of methoxy groups -OCH3 is 1. The maximum Gasteiger partial charge on any atom is 0.121 e. The molecule has 1 aromatic heterocycles. The molecule has 18 heavy (non-hydrogen) atoms. The van der Waals surface area contributed by atoms with Crippen LogP contribution in [0.15, 0.2) is 18.2 Å². The molecule has 5 nitrogen and oxygen atoms in total. The summed E-state index contributed by atoms with van der Waals surface area (Å²) in [6.07, 6.45) is 0. The number of hydrogen-bond acceptors (Lipinski definition) is 4. The number of benzene rings is 1. The first kappa shape index (κ1) is 12.9. The Bertz CT molecular complexity index is 565. The lowest BCUT2D eigenvalue weighted by atomic mass is 10.2. The molecule has 0 spiro atoms. The molecule has 2 aromatic rings. The minimum Gasteiger partial charge on any atom is -0.497 e. The van der Waals surface area contributed by atoms with E-state index in [1.165, 1.54) is 0 Å². The van der Waals surface area contributed by atoms with Gasteiger partial charge in [0.2, 0.25) is 0 Å². The Morgan fingerprint density at radius 2 is 2.17 bits per heavy atom. The van der Waals surface area contributed by atoms with Crippen LogP contribution in [0.3, 0.4) is 0 Å². The van der Waals surface area contributed by atoms with Crippen LogP contribution in [0.1, 0.15) is 24.4 Å². The van der Waals surface area contributed by atoms with E-state index in [0.29, 0.717) is 10.8 Å². The molecule has 0 bridgehead atoms. The molecule has 0 saturated heterocycles. The Morgan fingerprint density at radius 1 is 1.44 bits per heavy atom. The molecular weight excluding hydrogens is 252 g/mol. The Labute approximate surface area is 111 Å². The average molecular weight is 267 g/mol. The first-order valence-corrected chi connectivity index (χ1v) is 5.94. The van der Waals surface area contributed by atoms with Gasteiger partial charge in [-0.3, -0.25) is 0 Å². The van der Waals surface area contributed by atoms with E-state index < -0.39 is 0 Å². The van der Waals surface area contributed by atoms with Crippen molar-refractivity contribution in [3.63, 3.8) is 0 Å². The lowest BCUT2D eigenvalue weighted by molar-refractivity contribution is 0.414. The summed E-state index contributed by atoms with van der Waals surface area (Å²) in [5.74, 6) is 0.714. The van der Waals surface area contributed by atoms with Gasteiger partial charge in [0, 0.05) is 12.1 Å². The SMILES string of the molecule is COc1ccc(Cl)c(-n2nnc(C(C)N)c2C)c1. The average Bonchev–Trinajstić information content (AvgIpc) is 2.72. The molecule has 1 unspecified atom stereocenters. The molecular formula is C12H15ClN4O. The van der Waals surface area contributed by atoms with E-state index in [4.69, 9.17) is 22.1 Å². The van der Waals surface area contributed by atoms with Gasteiger partial charge in [0.15, 0.2) is 0 Å². The minimum atomic E-state index is -0.164. The van der Waals surface area contributed by atoms with Gasteiger partial charge < -0.3 is 10.5 Å². The van der Waals surface area contributed by atoms with Crippen molar-refractivity contribution in [1.29, 1.82) is 0 Å². The van der Waals surface area contributed by atoms with Crippen molar-refractivity contribution in [2.45, 2.75) is 19.9 Å². The number of ether oxygens (including phenoxy) is 1. The Balaban J connectivity index is 2.55. The minimum absolute atomic E-state index is 0.164. The van der Waals surface area contributed by atoms with Crippen LogP contribution in [0.2, 0.25) is 5.02 Å². The van der Waals surface area contributed by atoms with Gasteiger partial charge in [0.25, 0.3) is 0 Å². The molecule has 6 heteroatoms. The zero-order valence-electron chi connectivity index (χ0n) is 10.5. The number of hydrogen-bond donors (Lipinski definition) is 1.